The summed E-state index contributed by atoms with van der Waals surface area (Å²) in [6.45, 7) is 3.15. The highest BCUT2D eigenvalue weighted by atomic mass is 32.2. The minimum absolute atomic E-state index is 0.0604. The van der Waals surface area contributed by atoms with Gasteiger partial charge >= 0.3 is 0 Å². The molecule has 0 radical (unpaired) electrons. The largest absolute Gasteiger partial charge is 0.360 e. The maximum absolute atomic E-state index is 12.1. The lowest BCUT2D eigenvalue weighted by atomic mass is 10.4. The number of nitrogens with one attached hydrogen (secondary N) is 2. The number of aromatic nitrogens is 3. The molecule has 0 bridgehead atoms. The van der Waals surface area contributed by atoms with Crippen LogP contribution in [0.25, 0.3) is 0 Å². The molecule has 20 heavy (non-hydrogen) atoms. The number of aryl methyl sites for hydroxylation is 1. The third-order valence-corrected chi connectivity index (χ3v) is 3.98. The minimum Gasteiger partial charge on any atom is -0.360 e. The van der Waals surface area contributed by atoms with Crippen LogP contribution in [0, 0.1) is 6.92 Å². The lowest BCUT2D eigenvalue weighted by molar-refractivity contribution is 0.377. The second kappa shape index (κ2) is 6.16. The summed E-state index contributed by atoms with van der Waals surface area (Å²) in [5.41, 5.74) is 0.707. The Morgan fingerprint density at radius 2 is 2.25 bits per heavy atom. The predicted octanol–water partition coefficient (Wildman–Crippen LogP) is -0.123. The molecular formula is C11H17N5O3S. The Balaban J connectivity index is 2.00. The van der Waals surface area contributed by atoms with Gasteiger partial charge in [-0.2, -0.15) is 5.10 Å². The van der Waals surface area contributed by atoms with Crippen molar-refractivity contribution in [3.8, 4) is 0 Å². The van der Waals surface area contributed by atoms with E-state index in [0.717, 1.165) is 0 Å². The Bertz CT molecular complexity index is 661. The summed E-state index contributed by atoms with van der Waals surface area (Å²) in [7, 11) is -1.77. The van der Waals surface area contributed by atoms with Gasteiger partial charge in [0.2, 0.25) is 10.0 Å². The molecule has 0 saturated carbocycles. The van der Waals surface area contributed by atoms with E-state index in [2.05, 4.69) is 20.3 Å². The van der Waals surface area contributed by atoms with Gasteiger partial charge in [-0.25, -0.2) is 13.1 Å². The smallest absolute Gasteiger partial charge is 0.244 e. The fourth-order valence-corrected chi connectivity index (χ4v) is 2.53. The van der Waals surface area contributed by atoms with Gasteiger partial charge in [0.15, 0.2) is 5.76 Å². The van der Waals surface area contributed by atoms with E-state index in [1.54, 1.807) is 17.7 Å². The Kier molecular flexibility index (Phi) is 4.53. The molecule has 0 unspecified atom stereocenters. The lowest BCUT2D eigenvalue weighted by Crippen LogP contribution is -2.22. The second-order valence-electron chi connectivity index (χ2n) is 4.30. The Morgan fingerprint density at radius 3 is 2.90 bits per heavy atom. The summed E-state index contributed by atoms with van der Waals surface area (Å²) < 4.78 is 33.1. The highest BCUT2D eigenvalue weighted by Gasteiger charge is 2.17. The fourth-order valence-electron chi connectivity index (χ4n) is 1.58. The van der Waals surface area contributed by atoms with Crippen molar-refractivity contribution in [2.24, 2.45) is 0 Å². The topological polar surface area (TPSA) is 102 Å². The van der Waals surface area contributed by atoms with E-state index >= 15 is 0 Å². The average Bonchev–Trinajstić information content (AvgIpc) is 3.03. The Hall–Kier alpha value is -1.71. The molecule has 0 aromatic carbocycles. The van der Waals surface area contributed by atoms with Crippen molar-refractivity contribution < 1.29 is 12.9 Å². The molecule has 2 aromatic rings. The molecular weight excluding hydrogens is 282 g/mol. The fraction of sp³-hybridized carbons (Fsp3) is 0.455. The van der Waals surface area contributed by atoms with Crippen LogP contribution in [0.5, 0.6) is 0 Å². The molecule has 0 saturated heterocycles. The zero-order valence-electron chi connectivity index (χ0n) is 11.3. The first-order valence-corrected chi connectivity index (χ1v) is 7.58. The molecule has 2 heterocycles. The molecule has 0 aliphatic carbocycles. The molecule has 0 aliphatic heterocycles. The molecule has 2 rings (SSSR count). The quantitative estimate of drug-likeness (QED) is 0.739. The van der Waals surface area contributed by atoms with Gasteiger partial charge in [-0.1, -0.05) is 5.16 Å². The van der Waals surface area contributed by atoms with Crippen LogP contribution in [0.4, 0.5) is 0 Å². The van der Waals surface area contributed by atoms with Gasteiger partial charge in [0.25, 0.3) is 0 Å². The van der Waals surface area contributed by atoms with Gasteiger partial charge < -0.3 is 9.84 Å². The molecule has 2 aromatic heterocycles. The van der Waals surface area contributed by atoms with Crippen LogP contribution in [-0.2, 0) is 23.1 Å². The van der Waals surface area contributed by atoms with E-state index in [4.69, 9.17) is 4.52 Å². The van der Waals surface area contributed by atoms with Gasteiger partial charge in [-0.05, 0) is 14.0 Å². The molecule has 2 N–H and O–H groups in total. The van der Waals surface area contributed by atoms with Crippen molar-refractivity contribution in [1.29, 1.82) is 0 Å². The van der Waals surface area contributed by atoms with Crippen molar-refractivity contribution in [1.82, 2.24) is 25.0 Å². The van der Waals surface area contributed by atoms with Gasteiger partial charge in [0.05, 0.1) is 25.0 Å². The van der Waals surface area contributed by atoms with Gasteiger partial charge in [-0.3, -0.25) is 4.68 Å². The molecule has 0 fully saturated rings. The second-order valence-corrected chi connectivity index (χ2v) is 6.07. The number of rotatable bonds is 7. The monoisotopic (exact) mass is 299 g/mol. The molecule has 0 amide bonds. The van der Waals surface area contributed by atoms with Gasteiger partial charge in [0, 0.05) is 18.8 Å². The summed E-state index contributed by atoms with van der Waals surface area (Å²) in [4.78, 5) is 0.129. The third kappa shape index (κ3) is 3.65. The van der Waals surface area contributed by atoms with Crippen LogP contribution in [0.15, 0.2) is 27.9 Å². The first kappa shape index (κ1) is 14.7. The number of likely N-dealkylation sites (N-methyl/N-ethyl adjacent to an activating group) is 1. The van der Waals surface area contributed by atoms with Crippen molar-refractivity contribution in [2.75, 3.05) is 13.6 Å². The lowest BCUT2D eigenvalue weighted by Gasteiger charge is -2.02. The van der Waals surface area contributed by atoms with Gasteiger partial charge in [0.1, 0.15) is 4.90 Å². The average molecular weight is 299 g/mol. The number of hydrogen-bond donors (Lipinski definition) is 2. The SMILES string of the molecule is CNCCn1cc(S(=O)(=O)NCc2cc(C)no2)cn1. The van der Waals surface area contributed by atoms with Crippen molar-refractivity contribution in [2.45, 2.75) is 24.9 Å². The molecule has 110 valence electrons. The summed E-state index contributed by atoms with van der Waals surface area (Å²) in [5.74, 6) is 0.466. The maximum Gasteiger partial charge on any atom is 0.244 e. The predicted molar refractivity (Wildman–Crippen MR) is 71.4 cm³/mol. The van der Waals surface area contributed by atoms with Crippen molar-refractivity contribution in [3.63, 3.8) is 0 Å². The van der Waals surface area contributed by atoms with Crippen LogP contribution in [-0.4, -0.2) is 36.9 Å². The highest BCUT2D eigenvalue weighted by molar-refractivity contribution is 7.89. The molecule has 9 heteroatoms. The van der Waals surface area contributed by atoms with E-state index in [0.29, 0.717) is 24.5 Å². The van der Waals surface area contributed by atoms with E-state index < -0.39 is 10.0 Å². The first-order valence-electron chi connectivity index (χ1n) is 6.10. The summed E-state index contributed by atoms with van der Waals surface area (Å²) in [6.07, 6.45) is 2.81. The van der Waals surface area contributed by atoms with E-state index in [1.165, 1.54) is 12.4 Å². The number of nitrogens with zero attached hydrogens (tertiary/aromatic N) is 3. The highest BCUT2D eigenvalue weighted by Crippen LogP contribution is 2.09. The van der Waals surface area contributed by atoms with Crippen LogP contribution in [0.1, 0.15) is 11.5 Å². The Labute approximate surface area is 117 Å². The number of hydrogen-bond acceptors (Lipinski definition) is 6. The van der Waals surface area contributed by atoms with Crippen LogP contribution in [0.2, 0.25) is 0 Å². The van der Waals surface area contributed by atoms with E-state index in [9.17, 15) is 8.42 Å². The molecule has 0 aliphatic rings. The van der Waals surface area contributed by atoms with E-state index in [1.807, 2.05) is 7.05 Å². The van der Waals surface area contributed by atoms with Crippen LogP contribution in [0.3, 0.4) is 0 Å². The summed E-state index contributed by atoms with van der Waals surface area (Å²) >= 11 is 0. The zero-order valence-corrected chi connectivity index (χ0v) is 12.1. The Morgan fingerprint density at radius 1 is 1.45 bits per heavy atom. The third-order valence-electron chi connectivity index (χ3n) is 2.62. The normalized spacial score (nSPS) is 11.9. The first-order chi connectivity index (χ1) is 9.51. The van der Waals surface area contributed by atoms with Gasteiger partial charge in [-0.15, -0.1) is 0 Å². The maximum atomic E-state index is 12.1. The number of sulfonamides is 1. The van der Waals surface area contributed by atoms with Crippen LogP contribution >= 0.6 is 0 Å². The van der Waals surface area contributed by atoms with Crippen molar-refractivity contribution >= 4 is 10.0 Å². The van der Waals surface area contributed by atoms with Crippen LogP contribution < -0.4 is 10.0 Å². The molecule has 0 spiro atoms. The van der Waals surface area contributed by atoms with Crippen molar-refractivity contribution in [3.05, 3.63) is 29.9 Å². The zero-order chi connectivity index (χ0) is 14.6. The summed E-state index contributed by atoms with van der Waals surface area (Å²) in [6, 6.07) is 1.68. The molecule has 8 nitrogen and oxygen atoms in total. The minimum atomic E-state index is -3.59. The van der Waals surface area contributed by atoms with E-state index in [-0.39, 0.29) is 11.4 Å². The molecule has 0 atom stereocenters. The summed E-state index contributed by atoms with van der Waals surface area (Å²) in [5, 5.41) is 10.7. The standard InChI is InChI=1S/C11H17N5O3S/c1-9-5-10(19-15-9)6-14-20(17,18)11-7-13-16(8-11)4-3-12-2/h5,7-8,12,14H,3-4,6H2,1-2H3.